The fourth-order valence-corrected chi connectivity index (χ4v) is 7.25. The molecular weight excluding hydrogens is 346 g/mol. The van der Waals surface area contributed by atoms with Gasteiger partial charge in [-0.1, -0.05) is 12.1 Å². The Kier molecular flexibility index (Phi) is 3.97. The van der Waals surface area contributed by atoms with Crippen molar-refractivity contribution >= 4 is 0 Å². The first-order valence-electron chi connectivity index (χ1n) is 11.4. The Bertz CT molecular complexity index is 787. The van der Waals surface area contributed by atoms with Gasteiger partial charge in [0.1, 0.15) is 5.75 Å². The highest BCUT2D eigenvalue weighted by Gasteiger charge is 2.66. The van der Waals surface area contributed by atoms with Gasteiger partial charge >= 0.3 is 0 Å². The number of methoxy groups -OCH3 is 1. The van der Waals surface area contributed by atoms with Crippen molar-refractivity contribution in [2.45, 2.75) is 56.1 Å². The Hall–Kier alpha value is -1.32. The molecule has 1 heterocycles. The Morgan fingerprint density at radius 1 is 1.29 bits per heavy atom. The van der Waals surface area contributed by atoms with E-state index in [0.29, 0.717) is 12.7 Å². The summed E-state index contributed by atoms with van der Waals surface area (Å²) in [6.45, 7) is 7.18. The van der Waals surface area contributed by atoms with Crippen LogP contribution in [0.3, 0.4) is 0 Å². The molecule has 6 atom stereocenters. The highest BCUT2D eigenvalue weighted by Crippen LogP contribution is 2.67. The van der Waals surface area contributed by atoms with Crippen LogP contribution in [0.5, 0.6) is 5.75 Å². The average Bonchev–Trinajstić information content (AvgIpc) is 3.62. The van der Waals surface area contributed by atoms with E-state index in [1.54, 1.807) is 18.2 Å². The van der Waals surface area contributed by atoms with Crippen molar-refractivity contribution in [2.24, 2.45) is 23.7 Å². The molecule has 1 saturated heterocycles. The SMILES string of the molecule is C=CCOC1CC23CCN(CC4CC4)C(Cc4ccc(OC)cc42)C3C2CC12. The van der Waals surface area contributed by atoms with Gasteiger partial charge in [0, 0.05) is 18.0 Å². The highest BCUT2D eigenvalue weighted by atomic mass is 16.5. The number of nitrogens with zero attached hydrogens (tertiary/aromatic N) is 1. The largest absolute Gasteiger partial charge is 0.497 e. The molecule has 3 saturated carbocycles. The quantitative estimate of drug-likeness (QED) is 0.692. The zero-order chi connectivity index (χ0) is 18.9. The van der Waals surface area contributed by atoms with Gasteiger partial charge in [-0.05, 0) is 92.0 Å². The normalized spacial score (nSPS) is 40.8. The fourth-order valence-electron chi connectivity index (χ4n) is 7.25. The van der Waals surface area contributed by atoms with Gasteiger partial charge in [0.05, 0.1) is 19.8 Å². The molecule has 4 fully saturated rings. The summed E-state index contributed by atoms with van der Waals surface area (Å²) < 4.78 is 12.0. The highest BCUT2D eigenvalue weighted by molar-refractivity contribution is 5.47. The van der Waals surface area contributed by atoms with Crippen LogP contribution < -0.4 is 4.74 Å². The number of likely N-dealkylation sites (tertiary alicyclic amines) is 1. The molecule has 1 aromatic rings. The number of rotatable bonds is 6. The molecule has 0 N–H and O–H groups in total. The first kappa shape index (κ1) is 17.5. The number of fused-ring (bicyclic) bond motifs is 2. The smallest absolute Gasteiger partial charge is 0.119 e. The molecule has 150 valence electrons. The van der Waals surface area contributed by atoms with Crippen LogP contribution in [0.1, 0.15) is 43.2 Å². The number of hydrogen-bond acceptors (Lipinski definition) is 3. The topological polar surface area (TPSA) is 21.7 Å². The van der Waals surface area contributed by atoms with Crippen molar-refractivity contribution in [3.8, 4) is 5.75 Å². The van der Waals surface area contributed by atoms with Crippen molar-refractivity contribution in [2.75, 3.05) is 26.8 Å². The third-order valence-electron chi connectivity index (χ3n) is 8.66. The molecule has 28 heavy (non-hydrogen) atoms. The maximum Gasteiger partial charge on any atom is 0.119 e. The minimum absolute atomic E-state index is 0.288. The lowest BCUT2D eigenvalue weighted by molar-refractivity contribution is -0.0729. The van der Waals surface area contributed by atoms with Crippen LogP contribution in [0.2, 0.25) is 0 Å². The Morgan fingerprint density at radius 2 is 2.18 bits per heavy atom. The molecule has 0 amide bonds. The maximum atomic E-state index is 6.33. The van der Waals surface area contributed by atoms with Gasteiger partial charge < -0.3 is 9.47 Å². The van der Waals surface area contributed by atoms with Gasteiger partial charge in [-0.15, -0.1) is 6.58 Å². The summed E-state index contributed by atoms with van der Waals surface area (Å²) in [6.07, 6.45) is 10.3. The first-order chi connectivity index (χ1) is 13.7. The lowest BCUT2D eigenvalue weighted by Gasteiger charge is -2.60. The molecule has 3 nitrogen and oxygen atoms in total. The Labute approximate surface area is 169 Å². The van der Waals surface area contributed by atoms with E-state index < -0.39 is 0 Å². The van der Waals surface area contributed by atoms with Crippen LogP contribution in [0.4, 0.5) is 0 Å². The van der Waals surface area contributed by atoms with E-state index in [2.05, 4.69) is 29.7 Å². The second kappa shape index (κ2) is 6.34. The van der Waals surface area contributed by atoms with E-state index in [0.717, 1.165) is 35.5 Å². The monoisotopic (exact) mass is 379 g/mol. The van der Waals surface area contributed by atoms with E-state index in [-0.39, 0.29) is 5.41 Å². The number of benzene rings is 1. The molecular formula is C25H33NO2. The predicted octanol–water partition coefficient (Wildman–Crippen LogP) is 4.20. The maximum absolute atomic E-state index is 6.33. The van der Waals surface area contributed by atoms with E-state index in [1.807, 2.05) is 6.08 Å². The van der Waals surface area contributed by atoms with Crippen molar-refractivity contribution < 1.29 is 9.47 Å². The number of hydrogen-bond donors (Lipinski definition) is 0. The van der Waals surface area contributed by atoms with E-state index in [1.165, 1.54) is 51.6 Å². The number of piperidine rings is 1. The van der Waals surface area contributed by atoms with E-state index in [4.69, 9.17) is 9.47 Å². The molecule has 6 unspecified atom stereocenters. The zero-order valence-corrected chi connectivity index (χ0v) is 17.1. The fraction of sp³-hybridized carbons (Fsp3) is 0.680. The van der Waals surface area contributed by atoms with Crippen LogP contribution in [0.15, 0.2) is 30.9 Å². The second-order valence-electron chi connectivity index (χ2n) is 10.1. The van der Waals surface area contributed by atoms with Gasteiger partial charge in [0.15, 0.2) is 0 Å². The summed E-state index contributed by atoms with van der Waals surface area (Å²) in [5.74, 6) is 4.45. The minimum Gasteiger partial charge on any atom is -0.497 e. The van der Waals surface area contributed by atoms with Crippen LogP contribution >= 0.6 is 0 Å². The molecule has 5 aliphatic rings. The lowest BCUT2D eigenvalue weighted by atomic mass is 9.51. The van der Waals surface area contributed by atoms with Crippen molar-refractivity contribution in [3.05, 3.63) is 42.0 Å². The van der Waals surface area contributed by atoms with Crippen LogP contribution in [-0.4, -0.2) is 43.9 Å². The van der Waals surface area contributed by atoms with Gasteiger partial charge in [-0.25, -0.2) is 0 Å². The number of ether oxygens (including phenoxy) is 2. The summed E-state index contributed by atoms with van der Waals surface area (Å²) in [5.41, 5.74) is 3.46. The Balaban J connectivity index is 1.42. The molecule has 1 aromatic carbocycles. The van der Waals surface area contributed by atoms with E-state index in [9.17, 15) is 0 Å². The van der Waals surface area contributed by atoms with Crippen LogP contribution in [-0.2, 0) is 16.6 Å². The van der Waals surface area contributed by atoms with Crippen molar-refractivity contribution in [1.82, 2.24) is 4.90 Å². The molecule has 6 rings (SSSR count). The predicted molar refractivity (Wildman–Crippen MR) is 111 cm³/mol. The van der Waals surface area contributed by atoms with Crippen molar-refractivity contribution in [1.29, 1.82) is 0 Å². The first-order valence-corrected chi connectivity index (χ1v) is 11.4. The summed E-state index contributed by atoms with van der Waals surface area (Å²) in [7, 11) is 1.80. The Morgan fingerprint density at radius 3 is 2.96 bits per heavy atom. The molecule has 2 bridgehead atoms. The van der Waals surface area contributed by atoms with Crippen LogP contribution in [0.25, 0.3) is 0 Å². The third kappa shape index (κ3) is 2.55. The molecule has 1 aliphatic heterocycles. The lowest BCUT2D eigenvalue weighted by Crippen LogP contribution is -2.63. The molecule has 0 radical (unpaired) electrons. The third-order valence-corrected chi connectivity index (χ3v) is 8.66. The summed E-state index contributed by atoms with van der Waals surface area (Å²) in [6, 6.07) is 7.65. The molecule has 4 aliphatic carbocycles. The van der Waals surface area contributed by atoms with Crippen molar-refractivity contribution in [3.63, 3.8) is 0 Å². The molecule has 0 aromatic heterocycles. The zero-order valence-electron chi connectivity index (χ0n) is 17.1. The van der Waals surface area contributed by atoms with Gasteiger partial charge in [-0.2, -0.15) is 0 Å². The summed E-state index contributed by atoms with van der Waals surface area (Å²) >= 11 is 0. The second-order valence-corrected chi connectivity index (χ2v) is 10.1. The standard InChI is InChI=1S/C25H33NO2/c1-3-10-28-23-14-25-8-9-26(15-16-4-5-16)22(24(25)20-13-19(20)23)11-17-6-7-18(27-2)12-21(17)25/h3,6-7,12,16,19-20,22-24H,1,4-5,8-11,13-15H2,2H3. The molecule has 0 spiro atoms. The van der Waals surface area contributed by atoms with Crippen LogP contribution in [0, 0.1) is 23.7 Å². The van der Waals surface area contributed by atoms with Gasteiger partial charge in [-0.3, -0.25) is 4.90 Å². The van der Waals surface area contributed by atoms with Gasteiger partial charge in [0.25, 0.3) is 0 Å². The van der Waals surface area contributed by atoms with Gasteiger partial charge in [0.2, 0.25) is 0 Å². The van der Waals surface area contributed by atoms with E-state index >= 15 is 0 Å². The minimum atomic E-state index is 0.288. The average molecular weight is 380 g/mol. The summed E-state index contributed by atoms with van der Waals surface area (Å²) in [4.78, 5) is 2.90. The molecule has 3 heteroatoms. The summed E-state index contributed by atoms with van der Waals surface area (Å²) in [5, 5.41) is 0.